The Hall–Kier alpha value is -0.290. The molecule has 0 aliphatic rings. The van der Waals surface area contributed by atoms with Crippen molar-refractivity contribution in [2.45, 2.75) is 13.5 Å². The number of hydrogen-bond donors (Lipinski definition) is 1. The third-order valence-corrected chi connectivity index (χ3v) is 4.94. The van der Waals surface area contributed by atoms with Crippen molar-refractivity contribution in [1.82, 2.24) is 5.32 Å². The van der Waals surface area contributed by atoms with Gasteiger partial charge in [-0.1, -0.05) is 42.3 Å². The van der Waals surface area contributed by atoms with Crippen LogP contribution in [0.4, 0.5) is 0 Å². The van der Waals surface area contributed by atoms with Gasteiger partial charge in [0.15, 0.2) is 9.84 Å². The molecule has 0 aliphatic heterocycles. The van der Waals surface area contributed by atoms with E-state index >= 15 is 0 Å². The minimum Gasteiger partial charge on any atom is -0.312 e. The molecule has 0 aliphatic carbocycles. The molecule has 0 fully saturated rings. The monoisotopic (exact) mass is 295 g/mol. The molecule has 96 valence electrons. The fraction of sp³-hybridized carbons (Fsp3) is 0.455. The molecule has 0 aromatic heterocycles. The summed E-state index contributed by atoms with van der Waals surface area (Å²) in [5, 5.41) is 4.06. The third-order valence-electron chi connectivity index (χ3n) is 2.38. The Morgan fingerprint density at radius 2 is 2.00 bits per heavy atom. The normalized spacial score (nSPS) is 11.7. The Morgan fingerprint density at radius 1 is 1.29 bits per heavy atom. The third kappa shape index (κ3) is 4.84. The first-order valence-electron chi connectivity index (χ1n) is 5.30. The molecule has 0 saturated heterocycles. The van der Waals surface area contributed by atoms with Crippen LogP contribution in [0.5, 0.6) is 0 Å². The zero-order valence-corrected chi connectivity index (χ0v) is 11.9. The fourth-order valence-corrected chi connectivity index (χ4v) is 2.41. The summed E-state index contributed by atoms with van der Waals surface area (Å²) in [6, 6.07) is 5.39. The van der Waals surface area contributed by atoms with E-state index in [-0.39, 0.29) is 11.5 Å². The summed E-state index contributed by atoms with van der Waals surface area (Å²) in [6.07, 6.45) is 0. The van der Waals surface area contributed by atoms with Gasteiger partial charge in [0.05, 0.1) is 15.8 Å². The maximum absolute atomic E-state index is 11.2. The molecule has 1 aromatic rings. The topological polar surface area (TPSA) is 46.2 Å². The number of hydrogen-bond acceptors (Lipinski definition) is 3. The lowest BCUT2D eigenvalue weighted by atomic mass is 10.2. The molecule has 1 rings (SSSR count). The summed E-state index contributed by atoms with van der Waals surface area (Å²) in [6.45, 7) is 2.57. The highest BCUT2D eigenvalue weighted by atomic mass is 35.5. The van der Waals surface area contributed by atoms with Crippen LogP contribution in [0, 0.1) is 0 Å². The number of benzene rings is 1. The lowest BCUT2D eigenvalue weighted by Crippen LogP contribution is -2.23. The first kappa shape index (κ1) is 14.8. The van der Waals surface area contributed by atoms with E-state index in [9.17, 15) is 8.42 Å². The largest absolute Gasteiger partial charge is 0.312 e. The highest BCUT2D eigenvalue weighted by molar-refractivity contribution is 7.91. The van der Waals surface area contributed by atoms with Crippen LogP contribution in [-0.4, -0.2) is 26.5 Å². The molecule has 0 unspecified atom stereocenters. The molecule has 3 nitrogen and oxygen atoms in total. The van der Waals surface area contributed by atoms with E-state index in [1.165, 1.54) is 0 Å². The van der Waals surface area contributed by atoms with Crippen LogP contribution in [0.3, 0.4) is 0 Å². The van der Waals surface area contributed by atoms with E-state index < -0.39 is 9.84 Å². The Kier molecular flexibility index (Phi) is 5.73. The van der Waals surface area contributed by atoms with E-state index in [1.54, 1.807) is 13.0 Å². The molecule has 1 aromatic carbocycles. The molecule has 6 heteroatoms. The highest BCUT2D eigenvalue weighted by Crippen LogP contribution is 2.25. The van der Waals surface area contributed by atoms with Gasteiger partial charge in [-0.2, -0.15) is 0 Å². The van der Waals surface area contributed by atoms with Crippen LogP contribution < -0.4 is 5.32 Å². The molecule has 0 atom stereocenters. The van der Waals surface area contributed by atoms with Gasteiger partial charge < -0.3 is 5.32 Å². The van der Waals surface area contributed by atoms with Crippen LogP contribution in [0.15, 0.2) is 18.2 Å². The number of sulfone groups is 1. The van der Waals surface area contributed by atoms with E-state index in [4.69, 9.17) is 23.2 Å². The Bertz CT molecular complexity index is 474. The van der Waals surface area contributed by atoms with Gasteiger partial charge in [-0.3, -0.25) is 0 Å². The standard InChI is InChI=1S/C11H15Cl2NO2S/c1-2-17(15,16)7-6-14-8-9-4-3-5-10(12)11(9)13/h3-5,14H,2,6-8H2,1H3. The highest BCUT2D eigenvalue weighted by Gasteiger charge is 2.07. The zero-order valence-electron chi connectivity index (χ0n) is 9.54. The van der Waals surface area contributed by atoms with Gasteiger partial charge in [0.1, 0.15) is 0 Å². The predicted molar refractivity (Wildman–Crippen MR) is 72.5 cm³/mol. The number of halogens is 2. The van der Waals surface area contributed by atoms with Gasteiger partial charge in [0.25, 0.3) is 0 Å². The van der Waals surface area contributed by atoms with Gasteiger partial charge in [-0.05, 0) is 11.6 Å². The van der Waals surface area contributed by atoms with Crippen LogP contribution in [0.2, 0.25) is 10.0 Å². The second-order valence-electron chi connectivity index (χ2n) is 3.63. The molecule has 0 saturated carbocycles. The van der Waals surface area contributed by atoms with Crippen LogP contribution in [0.25, 0.3) is 0 Å². The van der Waals surface area contributed by atoms with Crippen molar-refractivity contribution in [3.8, 4) is 0 Å². The molecule has 0 radical (unpaired) electrons. The van der Waals surface area contributed by atoms with E-state index in [1.807, 2.05) is 12.1 Å². The fourth-order valence-electron chi connectivity index (χ4n) is 1.28. The summed E-state index contributed by atoms with van der Waals surface area (Å²) in [7, 11) is -2.91. The molecular formula is C11H15Cl2NO2S. The van der Waals surface area contributed by atoms with Gasteiger partial charge in [0.2, 0.25) is 0 Å². The lowest BCUT2D eigenvalue weighted by Gasteiger charge is -2.07. The van der Waals surface area contributed by atoms with Crippen LogP contribution in [0.1, 0.15) is 12.5 Å². The average Bonchev–Trinajstić information content (AvgIpc) is 2.30. The smallest absolute Gasteiger partial charge is 0.151 e. The van der Waals surface area contributed by atoms with Crippen molar-refractivity contribution in [1.29, 1.82) is 0 Å². The first-order chi connectivity index (χ1) is 7.96. The van der Waals surface area contributed by atoms with Crippen molar-refractivity contribution in [3.05, 3.63) is 33.8 Å². The second-order valence-corrected chi connectivity index (χ2v) is 6.88. The Balaban J connectivity index is 2.44. The van der Waals surface area contributed by atoms with Crippen molar-refractivity contribution in [2.75, 3.05) is 18.1 Å². The predicted octanol–water partition coefficient (Wildman–Crippen LogP) is 2.52. The van der Waals surface area contributed by atoms with Gasteiger partial charge in [0, 0.05) is 18.8 Å². The van der Waals surface area contributed by atoms with Crippen LogP contribution in [-0.2, 0) is 16.4 Å². The van der Waals surface area contributed by atoms with Crippen molar-refractivity contribution in [2.24, 2.45) is 0 Å². The summed E-state index contributed by atoms with van der Waals surface area (Å²) < 4.78 is 22.5. The number of rotatable bonds is 6. The summed E-state index contributed by atoms with van der Waals surface area (Å²) in [5.74, 6) is 0.314. The van der Waals surface area contributed by atoms with Crippen molar-refractivity contribution in [3.63, 3.8) is 0 Å². The van der Waals surface area contributed by atoms with Gasteiger partial charge in [-0.25, -0.2) is 8.42 Å². The summed E-state index contributed by atoms with van der Waals surface area (Å²) >= 11 is 11.9. The average molecular weight is 296 g/mol. The van der Waals surface area contributed by atoms with Crippen molar-refractivity contribution >= 4 is 33.0 Å². The Labute approximate surface area is 112 Å². The second kappa shape index (κ2) is 6.59. The van der Waals surface area contributed by atoms with Gasteiger partial charge >= 0.3 is 0 Å². The summed E-state index contributed by atoms with van der Waals surface area (Å²) in [5.41, 5.74) is 0.869. The minimum atomic E-state index is -2.91. The SMILES string of the molecule is CCS(=O)(=O)CCNCc1cccc(Cl)c1Cl. The minimum absolute atomic E-state index is 0.141. The van der Waals surface area contributed by atoms with E-state index in [0.717, 1.165) is 5.56 Å². The molecular weight excluding hydrogens is 281 g/mol. The Morgan fingerprint density at radius 3 is 2.65 bits per heavy atom. The molecule has 17 heavy (non-hydrogen) atoms. The molecule has 0 bridgehead atoms. The maximum atomic E-state index is 11.2. The molecule has 0 heterocycles. The molecule has 0 amide bonds. The molecule has 0 spiro atoms. The quantitative estimate of drug-likeness (QED) is 0.821. The molecule has 1 N–H and O–H groups in total. The maximum Gasteiger partial charge on any atom is 0.151 e. The van der Waals surface area contributed by atoms with Crippen molar-refractivity contribution < 1.29 is 8.42 Å². The van der Waals surface area contributed by atoms with E-state index in [0.29, 0.717) is 23.1 Å². The lowest BCUT2D eigenvalue weighted by molar-refractivity contribution is 0.592. The van der Waals surface area contributed by atoms with E-state index in [2.05, 4.69) is 5.32 Å². The zero-order chi connectivity index (χ0) is 12.9. The van der Waals surface area contributed by atoms with Crippen LogP contribution >= 0.6 is 23.2 Å². The van der Waals surface area contributed by atoms with Gasteiger partial charge in [-0.15, -0.1) is 0 Å². The number of nitrogens with one attached hydrogen (secondary N) is 1. The summed E-state index contributed by atoms with van der Waals surface area (Å²) in [4.78, 5) is 0. The first-order valence-corrected chi connectivity index (χ1v) is 7.88.